The summed E-state index contributed by atoms with van der Waals surface area (Å²) in [4.78, 5) is 11.2. The van der Waals surface area contributed by atoms with Crippen LogP contribution >= 0.6 is 0 Å². The van der Waals surface area contributed by atoms with Crippen LogP contribution in [0.5, 0.6) is 0 Å². The van der Waals surface area contributed by atoms with Gasteiger partial charge in [0.15, 0.2) is 0 Å². The molecule has 0 radical (unpaired) electrons. The van der Waals surface area contributed by atoms with Crippen LogP contribution in [0, 0.1) is 13.8 Å². The summed E-state index contributed by atoms with van der Waals surface area (Å²) in [5, 5.41) is 13.2. The molecular weight excluding hydrogens is 240 g/mol. The molecule has 0 aromatic carbocycles. The number of piperidine rings is 1. The van der Waals surface area contributed by atoms with E-state index in [1.165, 1.54) is 0 Å². The Balaban J connectivity index is 2.26. The summed E-state index contributed by atoms with van der Waals surface area (Å²) in [6.07, 6.45) is 2.73. The van der Waals surface area contributed by atoms with Gasteiger partial charge in [-0.05, 0) is 33.1 Å². The van der Waals surface area contributed by atoms with Crippen molar-refractivity contribution in [1.82, 2.24) is 9.97 Å². The van der Waals surface area contributed by atoms with Gasteiger partial charge in [-0.1, -0.05) is 6.92 Å². The molecule has 19 heavy (non-hydrogen) atoms. The molecule has 0 aliphatic carbocycles. The number of β-amino-alcohol motifs (C(OH)–C–C–N with tert-alkyl or cyclic N) is 1. The molecule has 2 rings (SSSR count). The molecule has 0 saturated carbocycles. The van der Waals surface area contributed by atoms with Gasteiger partial charge in [-0.3, -0.25) is 0 Å². The molecule has 1 unspecified atom stereocenters. The van der Waals surface area contributed by atoms with Crippen LogP contribution in [0.15, 0.2) is 0 Å². The molecule has 2 heterocycles. The van der Waals surface area contributed by atoms with Gasteiger partial charge in [-0.25, -0.2) is 9.97 Å². The average molecular weight is 264 g/mol. The largest absolute Gasteiger partial charge is 0.391 e. The van der Waals surface area contributed by atoms with Crippen LogP contribution < -0.4 is 10.2 Å². The molecule has 1 saturated heterocycles. The maximum atomic E-state index is 9.81. The molecular formula is C14H24N4O. The molecule has 1 fully saturated rings. The van der Waals surface area contributed by atoms with Gasteiger partial charge < -0.3 is 15.3 Å². The molecule has 1 aromatic rings. The zero-order chi connectivity index (χ0) is 13.8. The van der Waals surface area contributed by atoms with Crippen LogP contribution in [0.3, 0.4) is 0 Å². The molecule has 1 aliphatic heterocycles. The van der Waals surface area contributed by atoms with Gasteiger partial charge >= 0.3 is 0 Å². The highest BCUT2D eigenvalue weighted by atomic mass is 16.3. The van der Waals surface area contributed by atoms with E-state index >= 15 is 0 Å². The zero-order valence-corrected chi connectivity index (χ0v) is 12.1. The van der Waals surface area contributed by atoms with Gasteiger partial charge in [-0.15, -0.1) is 0 Å². The predicted molar refractivity (Wildman–Crippen MR) is 77.7 cm³/mol. The van der Waals surface area contributed by atoms with E-state index < -0.39 is 0 Å². The monoisotopic (exact) mass is 264 g/mol. The average Bonchev–Trinajstić information content (AvgIpc) is 2.39. The first-order valence-electron chi connectivity index (χ1n) is 7.14. The minimum atomic E-state index is -0.240. The number of rotatable bonds is 4. The number of aryl methyl sites for hydroxylation is 1. The van der Waals surface area contributed by atoms with Crippen LogP contribution in [0.25, 0.3) is 0 Å². The highest BCUT2D eigenvalue weighted by molar-refractivity contribution is 5.58. The topological polar surface area (TPSA) is 61.3 Å². The summed E-state index contributed by atoms with van der Waals surface area (Å²) < 4.78 is 0. The number of hydrogen-bond donors (Lipinski definition) is 2. The van der Waals surface area contributed by atoms with Crippen LogP contribution in [0.1, 0.15) is 37.6 Å². The Labute approximate surface area is 115 Å². The highest BCUT2D eigenvalue weighted by Gasteiger charge is 2.22. The van der Waals surface area contributed by atoms with E-state index in [1.54, 1.807) is 0 Å². The fraction of sp³-hybridized carbons (Fsp3) is 0.714. The molecule has 1 aliphatic rings. The van der Waals surface area contributed by atoms with Crippen molar-refractivity contribution in [3.63, 3.8) is 0 Å². The van der Waals surface area contributed by atoms with E-state index in [9.17, 15) is 5.11 Å². The lowest BCUT2D eigenvalue weighted by Gasteiger charge is -2.32. The summed E-state index contributed by atoms with van der Waals surface area (Å²) in [5.41, 5.74) is 1.08. The summed E-state index contributed by atoms with van der Waals surface area (Å²) in [5.74, 6) is 2.66. The van der Waals surface area contributed by atoms with Gasteiger partial charge in [0.2, 0.25) is 0 Å². The number of aliphatic hydroxyl groups is 1. The number of nitrogens with zero attached hydrogens (tertiary/aromatic N) is 3. The second-order valence-electron chi connectivity index (χ2n) is 5.24. The summed E-state index contributed by atoms with van der Waals surface area (Å²) in [6.45, 7) is 8.65. The van der Waals surface area contributed by atoms with Crippen molar-refractivity contribution in [2.45, 2.75) is 46.1 Å². The van der Waals surface area contributed by atoms with Crippen molar-refractivity contribution in [3.8, 4) is 0 Å². The molecule has 0 bridgehead atoms. The van der Waals surface area contributed by atoms with Crippen molar-refractivity contribution in [1.29, 1.82) is 0 Å². The van der Waals surface area contributed by atoms with Crippen molar-refractivity contribution < 1.29 is 5.11 Å². The third kappa shape index (κ3) is 3.35. The standard InChI is InChI=1S/C14H24N4O/c1-4-7-15-13-10(2)14(17-11(3)16-13)18-8-5-6-12(19)9-18/h12,19H,4-9H2,1-3H3,(H,15,16,17). The Morgan fingerprint density at radius 1 is 1.37 bits per heavy atom. The van der Waals surface area contributed by atoms with Crippen molar-refractivity contribution >= 4 is 11.6 Å². The molecule has 1 atom stereocenters. The van der Waals surface area contributed by atoms with Gasteiger partial charge in [0.25, 0.3) is 0 Å². The second-order valence-corrected chi connectivity index (χ2v) is 5.24. The summed E-state index contributed by atoms with van der Waals surface area (Å²) in [6, 6.07) is 0. The highest BCUT2D eigenvalue weighted by Crippen LogP contribution is 2.26. The van der Waals surface area contributed by atoms with Crippen molar-refractivity contribution in [2.24, 2.45) is 0 Å². The lowest BCUT2D eigenvalue weighted by Crippen LogP contribution is -2.39. The lowest BCUT2D eigenvalue weighted by atomic mass is 10.1. The third-order valence-corrected chi connectivity index (χ3v) is 3.47. The minimum absolute atomic E-state index is 0.240. The smallest absolute Gasteiger partial charge is 0.137 e. The molecule has 2 N–H and O–H groups in total. The normalized spacial score (nSPS) is 19.6. The van der Waals surface area contributed by atoms with Gasteiger partial charge in [-0.2, -0.15) is 0 Å². The zero-order valence-electron chi connectivity index (χ0n) is 12.1. The van der Waals surface area contributed by atoms with Gasteiger partial charge in [0.05, 0.1) is 6.10 Å². The molecule has 5 heteroatoms. The van der Waals surface area contributed by atoms with Crippen molar-refractivity contribution in [3.05, 3.63) is 11.4 Å². The second kappa shape index (κ2) is 6.19. The van der Waals surface area contributed by atoms with E-state index in [-0.39, 0.29) is 6.10 Å². The van der Waals surface area contributed by atoms with Crippen molar-refractivity contribution in [2.75, 3.05) is 29.9 Å². The fourth-order valence-electron chi connectivity index (χ4n) is 2.48. The van der Waals surface area contributed by atoms with E-state index in [2.05, 4.69) is 27.1 Å². The van der Waals surface area contributed by atoms with Crippen LogP contribution in [-0.4, -0.2) is 40.8 Å². The van der Waals surface area contributed by atoms with E-state index in [0.717, 1.165) is 55.4 Å². The molecule has 0 amide bonds. The Kier molecular flexibility index (Phi) is 4.58. The number of anilines is 2. The Bertz CT molecular complexity index is 436. The number of aromatic nitrogens is 2. The van der Waals surface area contributed by atoms with Crippen LogP contribution in [0.2, 0.25) is 0 Å². The van der Waals surface area contributed by atoms with Gasteiger partial charge in [0, 0.05) is 25.2 Å². The number of aliphatic hydroxyl groups excluding tert-OH is 1. The predicted octanol–water partition coefficient (Wildman–Crippen LogP) is 1.88. The Morgan fingerprint density at radius 3 is 2.84 bits per heavy atom. The molecule has 5 nitrogen and oxygen atoms in total. The van der Waals surface area contributed by atoms with Crippen LogP contribution in [-0.2, 0) is 0 Å². The SMILES string of the molecule is CCCNc1nc(C)nc(N2CCCC(O)C2)c1C. The maximum absolute atomic E-state index is 9.81. The Morgan fingerprint density at radius 2 is 2.16 bits per heavy atom. The first-order chi connectivity index (χ1) is 9.11. The maximum Gasteiger partial charge on any atom is 0.137 e. The lowest BCUT2D eigenvalue weighted by molar-refractivity contribution is 0.154. The van der Waals surface area contributed by atoms with E-state index in [0.29, 0.717) is 6.54 Å². The van der Waals surface area contributed by atoms with E-state index in [1.807, 2.05) is 13.8 Å². The first kappa shape index (κ1) is 14.1. The first-order valence-corrected chi connectivity index (χ1v) is 7.14. The quantitative estimate of drug-likeness (QED) is 0.869. The molecule has 1 aromatic heterocycles. The van der Waals surface area contributed by atoms with Gasteiger partial charge in [0.1, 0.15) is 17.5 Å². The summed E-state index contributed by atoms with van der Waals surface area (Å²) >= 11 is 0. The fourth-order valence-corrected chi connectivity index (χ4v) is 2.48. The van der Waals surface area contributed by atoms with Crippen LogP contribution in [0.4, 0.5) is 11.6 Å². The molecule has 0 spiro atoms. The number of nitrogens with one attached hydrogen (secondary N) is 1. The van der Waals surface area contributed by atoms with E-state index in [4.69, 9.17) is 0 Å². The minimum Gasteiger partial charge on any atom is -0.391 e. The number of hydrogen-bond acceptors (Lipinski definition) is 5. The molecule has 106 valence electrons. The summed E-state index contributed by atoms with van der Waals surface area (Å²) in [7, 11) is 0. The Hall–Kier alpha value is -1.36. The third-order valence-electron chi connectivity index (χ3n) is 3.47.